The van der Waals surface area contributed by atoms with Crippen LogP contribution < -0.4 is 5.43 Å². The molecule has 0 fully saturated rings. The summed E-state index contributed by atoms with van der Waals surface area (Å²) >= 11 is 5.88. The molecule has 0 saturated carbocycles. The second-order valence-electron chi connectivity index (χ2n) is 7.62. The molecular weight excluding hydrogens is 418 g/mol. The number of fused-ring (bicyclic) bond motifs is 2. The molecule has 4 nitrogen and oxygen atoms in total. The second kappa shape index (κ2) is 8.69. The van der Waals surface area contributed by atoms with Crippen molar-refractivity contribution >= 4 is 45.4 Å². The van der Waals surface area contributed by atoms with Crippen molar-refractivity contribution in [2.45, 2.75) is 6.54 Å². The molecule has 0 unspecified atom stereocenters. The molecule has 5 aromatic rings. The van der Waals surface area contributed by atoms with E-state index in [0.717, 1.165) is 23.0 Å². The molecule has 5 rings (SSSR count). The smallest absolute Gasteiger partial charge is 0.271 e. The van der Waals surface area contributed by atoms with E-state index in [2.05, 4.69) is 75.9 Å². The van der Waals surface area contributed by atoms with Gasteiger partial charge in [-0.15, -0.1) is 0 Å². The van der Waals surface area contributed by atoms with Gasteiger partial charge < -0.3 is 4.57 Å². The zero-order chi connectivity index (χ0) is 21.9. The number of carbonyl (C=O) groups is 1. The van der Waals surface area contributed by atoms with Gasteiger partial charge in [-0.25, -0.2) is 5.43 Å². The molecule has 0 aliphatic rings. The lowest BCUT2D eigenvalue weighted by molar-refractivity contribution is 0.0955. The number of rotatable bonds is 5. The van der Waals surface area contributed by atoms with Gasteiger partial charge in [0.15, 0.2) is 0 Å². The van der Waals surface area contributed by atoms with E-state index in [1.807, 2.05) is 12.1 Å². The van der Waals surface area contributed by atoms with E-state index in [1.165, 1.54) is 16.3 Å². The monoisotopic (exact) mass is 437 g/mol. The zero-order valence-electron chi connectivity index (χ0n) is 17.2. The number of nitrogens with one attached hydrogen (secondary N) is 1. The Hall–Kier alpha value is -3.89. The van der Waals surface area contributed by atoms with Crippen LogP contribution in [0.5, 0.6) is 0 Å². The molecule has 5 heteroatoms. The van der Waals surface area contributed by atoms with Crippen molar-refractivity contribution in [3.05, 3.63) is 119 Å². The third kappa shape index (κ3) is 4.13. The number of benzene rings is 4. The first kappa shape index (κ1) is 20.0. The third-order valence-electron chi connectivity index (χ3n) is 5.46. The SMILES string of the molecule is O=C(N/N=C\c1cn(Cc2ccc3ccccc3c2)c2ccccc12)c1ccc(Cl)cc1. The fourth-order valence-corrected chi connectivity index (χ4v) is 3.99. The summed E-state index contributed by atoms with van der Waals surface area (Å²) in [6, 6.07) is 29.8. The summed E-state index contributed by atoms with van der Waals surface area (Å²) in [5.74, 6) is -0.280. The van der Waals surface area contributed by atoms with Gasteiger partial charge >= 0.3 is 0 Å². The number of amides is 1. The highest BCUT2D eigenvalue weighted by atomic mass is 35.5. The summed E-state index contributed by atoms with van der Waals surface area (Å²) in [7, 11) is 0. The van der Waals surface area contributed by atoms with Crippen molar-refractivity contribution in [1.29, 1.82) is 0 Å². The Bertz CT molecular complexity index is 1450. The van der Waals surface area contributed by atoms with Gasteiger partial charge in [-0.3, -0.25) is 4.79 Å². The van der Waals surface area contributed by atoms with Gasteiger partial charge in [-0.2, -0.15) is 5.10 Å². The summed E-state index contributed by atoms with van der Waals surface area (Å²) in [4.78, 5) is 12.3. The largest absolute Gasteiger partial charge is 0.342 e. The number of para-hydroxylation sites is 1. The molecule has 0 bridgehead atoms. The van der Waals surface area contributed by atoms with E-state index in [4.69, 9.17) is 11.6 Å². The van der Waals surface area contributed by atoms with Gasteiger partial charge in [0, 0.05) is 39.8 Å². The van der Waals surface area contributed by atoms with E-state index in [0.29, 0.717) is 10.6 Å². The molecule has 0 radical (unpaired) electrons. The summed E-state index contributed by atoms with van der Waals surface area (Å²) in [5, 5.41) is 8.31. The minimum Gasteiger partial charge on any atom is -0.342 e. The van der Waals surface area contributed by atoms with Gasteiger partial charge in [0.1, 0.15) is 0 Å². The zero-order valence-corrected chi connectivity index (χ0v) is 18.0. The van der Waals surface area contributed by atoms with Crippen LogP contribution in [0.15, 0.2) is 102 Å². The van der Waals surface area contributed by atoms with Crippen molar-refractivity contribution in [3.8, 4) is 0 Å². The molecule has 0 saturated heterocycles. The molecule has 1 aromatic heterocycles. The Kier molecular flexibility index (Phi) is 5.44. The van der Waals surface area contributed by atoms with Crippen LogP contribution in [-0.2, 0) is 6.54 Å². The van der Waals surface area contributed by atoms with Crippen LogP contribution in [-0.4, -0.2) is 16.7 Å². The lowest BCUT2D eigenvalue weighted by atomic mass is 10.1. The molecule has 0 atom stereocenters. The maximum atomic E-state index is 12.3. The average Bonchev–Trinajstić information content (AvgIpc) is 3.17. The highest BCUT2D eigenvalue weighted by Gasteiger charge is 2.08. The minimum absolute atomic E-state index is 0.280. The third-order valence-corrected chi connectivity index (χ3v) is 5.71. The Morgan fingerprint density at radius 2 is 1.66 bits per heavy atom. The molecule has 4 aromatic carbocycles. The van der Waals surface area contributed by atoms with Crippen LogP contribution in [0.25, 0.3) is 21.7 Å². The van der Waals surface area contributed by atoms with Crippen LogP contribution in [0.1, 0.15) is 21.5 Å². The van der Waals surface area contributed by atoms with Crippen LogP contribution in [0, 0.1) is 0 Å². The predicted molar refractivity (Wildman–Crippen MR) is 132 cm³/mol. The van der Waals surface area contributed by atoms with Crippen molar-refractivity contribution in [3.63, 3.8) is 0 Å². The molecule has 0 aliphatic heterocycles. The molecule has 1 heterocycles. The molecular formula is C27H20ClN3O. The van der Waals surface area contributed by atoms with Gasteiger partial charge in [0.25, 0.3) is 5.91 Å². The maximum absolute atomic E-state index is 12.3. The van der Waals surface area contributed by atoms with E-state index < -0.39 is 0 Å². The Morgan fingerprint density at radius 3 is 2.50 bits per heavy atom. The first-order valence-electron chi connectivity index (χ1n) is 10.3. The number of carbonyl (C=O) groups excluding carboxylic acids is 1. The van der Waals surface area contributed by atoms with Crippen LogP contribution in [0.4, 0.5) is 0 Å². The molecule has 32 heavy (non-hydrogen) atoms. The van der Waals surface area contributed by atoms with E-state index in [1.54, 1.807) is 30.5 Å². The first-order valence-corrected chi connectivity index (χ1v) is 10.7. The first-order chi connectivity index (χ1) is 15.7. The standard InChI is InChI=1S/C27H20ClN3O/c28-24-13-11-21(12-14-24)27(32)30-29-16-23-18-31(26-8-4-3-7-25(23)26)17-19-9-10-20-5-1-2-6-22(20)15-19/h1-16,18H,17H2,(H,30,32)/b29-16-. The Morgan fingerprint density at radius 1 is 0.906 bits per heavy atom. The van der Waals surface area contributed by atoms with Crippen molar-refractivity contribution in [2.24, 2.45) is 5.10 Å². The summed E-state index contributed by atoms with van der Waals surface area (Å²) in [5.41, 5.74) is 6.38. The Labute approximate surface area is 190 Å². The van der Waals surface area contributed by atoms with Crippen molar-refractivity contribution in [2.75, 3.05) is 0 Å². The van der Waals surface area contributed by atoms with E-state index in [-0.39, 0.29) is 5.91 Å². The highest BCUT2D eigenvalue weighted by Crippen LogP contribution is 2.23. The summed E-state index contributed by atoms with van der Waals surface area (Å²) < 4.78 is 2.21. The minimum atomic E-state index is -0.280. The van der Waals surface area contributed by atoms with Gasteiger partial charge in [-0.1, -0.05) is 66.2 Å². The number of halogens is 1. The Balaban J connectivity index is 1.40. The van der Waals surface area contributed by atoms with Crippen molar-refractivity contribution < 1.29 is 4.79 Å². The van der Waals surface area contributed by atoms with Gasteiger partial charge in [0.05, 0.1) is 6.21 Å². The molecule has 1 amide bonds. The molecule has 0 spiro atoms. The average molecular weight is 438 g/mol. The number of hydrogen-bond donors (Lipinski definition) is 1. The van der Waals surface area contributed by atoms with E-state index in [9.17, 15) is 4.79 Å². The van der Waals surface area contributed by atoms with Gasteiger partial charge in [0.2, 0.25) is 0 Å². The fourth-order valence-electron chi connectivity index (χ4n) is 3.87. The number of nitrogens with zero attached hydrogens (tertiary/aromatic N) is 2. The number of aromatic nitrogens is 1. The van der Waals surface area contributed by atoms with E-state index >= 15 is 0 Å². The molecule has 1 N–H and O–H groups in total. The molecule has 156 valence electrons. The second-order valence-corrected chi connectivity index (χ2v) is 8.05. The van der Waals surface area contributed by atoms with Crippen molar-refractivity contribution in [1.82, 2.24) is 9.99 Å². The lowest BCUT2D eigenvalue weighted by Crippen LogP contribution is -2.17. The summed E-state index contributed by atoms with van der Waals surface area (Å²) in [6.45, 7) is 0.746. The maximum Gasteiger partial charge on any atom is 0.271 e. The lowest BCUT2D eigenvalue weighted by Gasteiger charge is -2.07. The fraction of sp³-hybridized carbons (Fsp3) is 0.0370. The quantitative estimate of drug-likeness (QED) is 0.256. The normalized spacial score (nSPS) is 11.4. The van der Waals surface area contributed by atoms with Gasteiger partial charge in [-0.05, 0) is 52.7 Å². The topological polar surface area (TPSA) is 46.4 Å². The predicted octanol–water partition coefficient (Wildman–Crippen LogP) is 6.26. The van der Waals surface area contributed by atoms with Crippen LogP contribution >= 0.6 is 11.6 Å². The van der Waals surface area contributed by atoms with Crippen LogP contribution in [0.3, 0.4) is 0 Å². The summed E-state index contributed by atoms with van der Waals surface area (Å²) in [6.07, 6.45) is 3.75. The number of hydrazone groups is 1. The van der Waals surface area contributed by atoms with Crippen LogP contribution in [0.2, 0.25) is 5.02 Å². The number of hydrogen-bond acceptors (Lipinski definition) is 2. The molecule has 0 aliphatic carbocycles. The highest BCUT2D eigenvalue weighted by molar-refractivity contribution is 6.30.